The predicted octanol–water partition coefficient (Wildman–Crippen LogP) is 3.36. The average molecular weight is 293 g/mol. The van der Waals surface area contributed by atoms with Crippen molar-refractivity contribution in [1.29, 1.82) is 0 Å². The Labute approximate surface area is 130 Å². The smallest absolute Gasteiger partial charge is 0.128 e. The normalized spacial score (nSPS) is 12.2. The lowest BCUT2D eigenvalue weighted by Crippen LogP contribution is -2.16. The molecule has 22 heavy (non-hydrogen) atoms. The summed E-state index contributed by atoms with van der Waals surface area (Å²) >= 11 is 0. The Kier molecular flexibility index (Phi) is 4.61. The van der Waals surface area contributed by atoms with Gasteiger partial charge in [0.15, 0.2) is 0 Å². The Balaban J connectivity index is 1.92. The van der Waals surface area contributed by atoms with Crippen LogP contribution in [0.4, 0.5) is 0 Å². The van der Waals surface area contributed by atoms with Gasteiger partial charge in [0.1, 0.15) is 11.9 Å². The number of pyridine rings is 2. The van der Waals surface area contributed by atoms with Gasteiger partial charge in [-0.1, -0.05) is 18.2 Å². The second-order valence-electron chi connectivity index (χ2n) is 5.14. The zero-order valence-corrected chi connectivity index (χ0v) is 12.6. The van der Waals surface area contributed by atoms with E-state index in [1.54, 1.807) is 12.4 Å². The van der Waals surface area contributed by atoms with Gasteiger partial charge in [-0.15, -0.1) is 0 Å². The maximum atomic E-state index is 6.31. The zero-order chi connectivity index (χ0) is 15.2. The molecule has 0 saturated heterocycles. The van der Waals surface area contributed by atoms with Crippen LogP contribution < -0.4 is 10.1 Å². The highest BCUT2D eigenvalue weighted by Gasteiger charge is 2.14. The van der Waals surface area contributed by atoms with Crippen LogP contribution in [0.5, 0.6) is 5.75 Å². The van der Waals surface area contributed by atoms with Crippen molar-refractivity contribution in [3.63, 3.8) is 0 Å². The minimum absolute atomic E-state index is 0.0279. The summed E-state index contributed by atoms with van der Waals surface area (Å²) in [6.45, 7) is 0.881. The van der Waals surface area contributed by atoms with Crippen LogP contribution in [-0.4, -0.2) is 23.6 Å². The molecule has 3 rings (SSSR count). The summed E-state index contributed by atoms with van der Waals surface area (Å²) in [6, 6.07) is 12.0. The molecule has 0 radical (unpaired) electrons. The van der Waals surface area contributed by atoms with Crippen LogP contribution in [0.15, 0.2) is 61.2 Å². The number of ether oxygens (including phenoxy) is 1. The van der Waals surface area contributed by atoms with Crippen LogP contribution in [0.2, 0.25) is 0 Å². The Morgan fingerprint density at radius 1 is 1.05 bits per heavy atom. The largest absolute Gasteiger partial charge is 0.485 e. The molecule has 2 heterocycles. The summed E-state index contributed by atoms with van der Waals surface area (Å²) in [5, 5.41) is 5.34. The molecule has 112 valence electrons. The second-order valence-corrected chi connectivity index (χ2v) is 5.14. The summed E-state index contributed by atoms with van der Waals surface area (Å²) in [5.74, 6) is 0.879. The maximum Gasteiger partial charge on any atom is 0.128 e. The molecule has 0 bridgehead atoms. The highest BCUT2D eigenvalue weighted by atomic mass is 16.5. The molecular formula is C18H19N3O. The monoisotopic (exact) mass is 293 g/mol. The number of hydrogen-bond acceptors (Lipinski definition) is 4. The van der Waals surface area contributed by atoms with E-state index in [1.165, 1.54) is 0 Å². The quantitative estimate of drug-likeness (QED) is 0.757. The highest BCUT2D eigenvalue weighted by molar-refractivity contribution is 5.87. The molecule has 0 saturated carbocycles. The number of nitrogens with one attached hydrogen (secondary N) is 1. The lowest BCUT2D eigenvalue weighted by Gasteiger charge is -2.20. The third kappa shape index (κ3) is 3.23. The van der Waals surface area contributed by atoms with E-state index in [0.29, 0.717) is 0 Å². The van der Waals surface area contributed by atoms with Gasteiger partial charge in [-0.2, -0.15) is 0 Å². The van der Waals surface area contributed by atoms with E-state index in [0.717, 1.165) is 35.1 Å². The first kappa shape index (κ1) is 14.5. The molecule has 0 aliphatic rings. The van der Waals surface area contributed by atoms with E-state index in [9.17, 15) is 0 Å². The summed E-state index contributed by atoms with van der Waals surface area (Å²) < 4.78 is 6.31. The van der Waals surface area contributed by atoms with Crippen LogP contribution in [0.3, 0.4) is 0 Å². The van der Waals surface area contributed by atoms with Crippen molar-refractivity contribution < 1.29 is 4.74 Å². The summed E-state index contributed by atoms with van der Waals surface area (Å²) in [5.41, 5.74) is 1.09. The SMILES string of the molecule is CNCCC(Oc1cccc2cnccc12)c1cccnc1. The van der Waals surface area contributed by atoms with Gasteiger partial charge in [0.05, 0.1) is 0 Å². The third-order valence-electron chi connectivity index (χ3n) is 3.62. The molecule has 0 aliphatic heterocycles. The molecule has 4 nitrogen and oxygen atoms in total. The molecule has 1 aromatic carbocycles. The fourth-order valence-electron chi connectivity index (χ4n) is 2.48. The highest BCUT2D eigenvalue weighted by Crippen LogP contribution is 2.30. The van der Waals surface area contributed by atoms with E-state index in [4.69, 9.17) is 4.74 Å². The van der Waals surface area contributed by atoms with Gasteiger partial charge in [0.25, 0.3) is 0 Å². The fourth-order valence-corrected chi connectivity index (χ4v) is 2.48. The van der Waals surface area contributed by atoms with Crippen molar-refractivity contribution in [2.45, 2.75) is 12.5 Å². The van der Waals surface area contributed by atoms with Gasteiger partial charge >= 0.3 is 0 Å². The summed E-state index contributed by atoms with van der Waals surface area (Å²) in [6.07, 6.45) is 8.15. The molecule has 1 atom stereocenters. The van der Waals surface area contributed by atoms with E-state index in [-0.39, 0.29) is 6.10 Å². The van der Waals surface area contributed by atoms with Crippen LogP contribution >= 0.6 is 0 Å². The summed E-state index contributed by atoms with van der Waals surface area (Å²) in [4.78, 5) is 8.37. The number of aromatic nitrogens is 2. The number of fused-ring (bicyclic) bond motifs is 1. The van der Waals surface area contributed by atoms with Gasteiger partial charge in [-0.3, -0.25) is 9.97 Å². The molecule has 0 spiro atoms. The Bertz CT molecular complexity index is 725. The predicted molar refractivity (Wildman–Crippen MR) is 87.9 cm³/mol. The Morgan fingerprint density at radius 3 is 2.77 bits per heavy atom. The van der Waals surface area contributed by atoms with Gasteiger partial charge in [0.2, 0.25) is 0 Å². The van der Waals surface area contributed by atoms with Crippen molar-refractivity contribution >= 4 is 10.8 Å². The first-order valence-corrected chi connectivity index (χ1v) is 7.42. The van der Waals surface area contributed by atoms with Gasteiger partial charge < -0.3 is 10.1 Å². The van der Waals surface area contributed by atoms with Gasteiger partial charge in [-0.25, -0.2) is 0 Å². The van der Waals surface area contributed by atoms with Gasteiger partial charge in [0, 0.05) is 47.5 Å². The molecule has 3 aromatic rings. The average Bonchev–Trinajstić information content (AvgIpc) is 2.59. The molecule has 4 heteroatoms. The molecule has 0 fully saturated rings. The fraction of sp³-hybridized carbons (Fsp3) is 0.222. The molecule has 1 unspecified atom stereocenters. The van der Waals surface area contributed by atoms with Crippen LogP contribution in [0.25, 0.3) is 10.8 Å². The van der Waals surface area contributed by atoms with Crippen LogP contribution in [-0.2, 0) is 0 Å². The molecule has 2 aromatic heterocycles. The van der Waals surface area contributed by atoms with E-state index >= 15 is 0 Å². The first-order valence-electron chi connectivity index (χ1n) is 7.42. The Hall–Kier alpha value is -2.46. The zero-order valence-electron chi connectivity index (χ0n) is 12.6. The van der Waals surface area contributed by atoms with Gasteiger partial charge in [-0.05, 0) is 31.8 Å². The molecule has 1 N–H and O–H groups in total. The summed E-state index contributed by atoms with van der Waals surface area (Å²) in [7, 11) is 1.95. The number of hydrogen-bond donors (Lipinski definition) is 1. The first-order chi connectivity index (χ1) is 10.9. The van der Waals surface area contributed by atoms with Crippen molar-refractivity contribution in [3.8, 4) is 5.75 Å². The lowest BCUT2D eigenvalue weighted by molar-refractivity contribution is 0.197. The molecule has 0 amide bonds. The van der Waals surface area contributed by atoms with Crippen molar-refractivity contribution in [3.05, 3.63) is 66.7 Å². The van der Waals surface area contributed by atoms with E-state index in [2.05, 4.69) is 21.4 Å². The number of rotatable bonds is 6. The van der Waals surface area contributed by atoms with Crippen molar-refractivity contribution in [2.24, 2.45) is 0 Å². The topological polar surface area (TPSA) is 47.0 Å². The lowest BCUT2D eigenvalue weighted by atomic mass is 10.1. The van der Waals surface area contributed by atoms with E-state index < -0.39 is 0 Å². The number of nitrogens with zero attached hydrogens (tertiary/aromatic N) is 2. The Morgan fingerprint density at radius 2 is 1.95 bits per heavy atom. The second kappa shape index (κ2) is 7.00. The standard InChI is InChI=1S/C18H19N3O/c1-19-10-8-17(15-5-3-9-20-13-15)22-18-6-2-4-14-12-21-11-7-16(14)18/h2-7,9,11-13,17,19H,8,10H2,1H3. The van der Waals surface area contributed by atoms with Crippen molar-refractivity contribution in [2.75, 3.05) is 13.6 Å². The minimum Gasteiger partial charge on any atom is -0.485 e. The molecule has 0 aliphatic carbocycles. The molecular weight excluding hydrogens is 274 g/mol. The van der Waals surface area contributed by atoms with Crippen LogP contribution in [0, 0.1) is 0 Å². The third-order valence-corrected chi connectivity index (χ3v) is 3.62. The van der Waals surface area contributed by atoms with Crippen molar-refractivity contribution in [1.82, 2.24) is 15.3 Å². The maximum absolute atomic E-state index is 6.31. The van der Waals surface area contributed by atoms with Crippen LogP contribution in [0.1, 0.15) is 18.1 Å². The van der Waals surface area contributed by atoms with E-state index in [1.807, 2.05) is 49.8 Å². The minimum atomic E-state index is -0.0279. The number of benzene rings is 1.